The predicted molar refractivity (Wildman–Crippen MR) is 97.6 cm³/mol. The number of hydrogen-bond acceptors (Lipinski definition) is 4. The van der Waals surface area contributed by atoms with E-state index in [9.17, 15) is 14.0 Å². The van der Waals surface area contributed by atoms with Crippen LogP contribution < -0.4 is 4.74 Å². The highest BCUT2D eigenvalue weighted by molar-refractivity contribution is 5.97. The summed E-state index contributed by atoms with van der Waals surface area (Å²) >= 11 is 0. The van der Waals surface area contributed by atoms with E-state index >= 15 is 0 Å². The molecule has 2 amide bonds. The molecule has 1 fully saturated rings. The van der Waals surface area contributed by atoms with Gasteiger partial charge in [-0.2, -0.15) is 0 Å². The first-order chi connectivity index (χ1) is 12.9. The van der Waals surface area contributed by atoms with Crippen molar-refractivity contribution in [3.63, 3.8) is 0 Å². The molecule has 0 bridgehead atoms. The summed E-state index contributed by atoms with van der Waals surface area (Å²) in [6, 6.07) is 5.63. The minimum Gasteiger partial charge on any atom is -0.496 e. The van der Waals surface area contributed by atoms with Crippen LogP contribution in [-0.2, 0) is 0 Å². The Labute approximate surface area is 157 Å². The number of furan rings is 1. The van der Waals surface area contributed by atoms with Crippen LogP contribution in [0.3, 0.4) is 0 Å². The van der Waals surface area contributed by atoms with Crippen molar-refractivity contribution in [1.29, 1.82) is 0 Å². The molecule has 0 radical (unpaired) electrons. The number of aryl methyl sites for hydroxylation is 2. The second kappa shape index (κ2) is 7.82. The van der Waals surface area contributed by atoms with Crippen LogP contribution in [0.25, 0.3) is 0 Å². The number of halogens is 1. The van der Waals surface area contributed by atoms with E-state index in [0.29, 0.717) is 55.4 Å². The lowest BCUT2D eigenvalue weighted by molar-refractivity contribution is 0.0715. The lowest BCUT2D eigenvalue weighted by Gasteiger charge is -2.23. The van der Waals surface area contributed by atoms with Gasteiger partial charge < -0.3 is 19.0 Å². The molecular weight excluding hydrogens is 351 g/mol. The number of ether oxygens (including phenoxy) is 1. The van der Waals surface area contributed by atoms with E-state index in [4.69, 9.17) is 9.15 Å². The Kier molecular flexibility index (Phi) is 5.48. The molecule has 1 aromatic carbocycles. The van der Waals surface area contributed by atoms with Crippen LogP contribution in [0, 0.1) is 19.7 Å². The molecule has 6 nitrogen and oxygen atoms in total. The maximum Gasteiger partial charge on any atom is 0.257 e. The molecule has 2 heterocycles. The molecule has 0 unspecified atom stereocenters. The number of benzene rings is 1. The lowest BCUT2D eigenvalue weighted by Crippen LogP contribution is -2.37. The van der Waals surface area contributed by atoms with Gasteiger partial charge in [-0.05, 0) is 44.5 Å². The van der Waals surface area contributed by atoms with Crippen molar-refractivity contribution in [2.24, 2.45) is 0 Å². The molecule has 0 spiro atoms. The second-order valence-electron chi connectivity index (χ2n) is 6.61. The zero-order valence-corrected chi connectivity index (χ0v) is 15.8. The van der Waals surface area contributed by atoms with E-state index in [1.807, 2.05) is 0 Å². The number of hydrogen-bond donors (Lipinski definition) is 0. The third-order valence-electron chi connectivity index (χ3n) is 4.73. The molecule has 0 saturated carbocycles. The third-order valence-corrected chi connectivity index (χ3v) is 4.73. The highest BCUT2D eigenvalue weighted by atomic mass is 19.1. The van der Waals surface area contributed by atoms with Gasteiger partial charge in [0.05, 0.1) is 18.2 Å². The second-order valence-corrected chi connectivity index (χ2v) is 6.61. The van der Waals surface area contributed by atoms with Gasteiger partial charge in [-0.25, -0.2) is 4.39 Å². The maximum atomic E-state index is 13.6. The quantitative estimate of drug-likeness (QED) is 0.829. The van der Waals surface area contributed by atoms with Crippen molar-refractivity contribution in [2.45, 2.75) is 20.3 Å². The average Bonchev–Trinajstić information content (AvgIpc) is 2.85. The Morgan fingerprint density at radius 1 is 1.00 bits per heavy atom. The van der Waals surface area contributed by atoms with Gasteiger partial charge in [-0.3, -0.25) is 9.59 Å². The number of methoxy groups -OCH3 is 1. The molecule has 144 valence electrons. The van der Waals surface area contributed by atoms with E-state index in [2.05, 4.69) is 0 Å². The Morgan fingerprint density at radius 3 is 2.19 bits per heavy atom. The molecule has 1 aliphatic rings. The summed E-state index contributed by atoms with van der Waals surface area (Å²) in [6.45, 7) is 5.40. The SMILES string of the molecule is COc1ccc(F)cc1C(=O)N1CCCN(C(=O)c2cc(C)oc2C)CC1. The first kappa shape index (κ1) is 18.9. The van der Waals surface area contributed by atoms with Gasteiger partial charge in [0.15, 0.2) is 0 Å². The van der Waals surface area contributed by atoms with Gasteiger partial charge in [0.1, 0.15) is 23.1 Å². The predicted octanol–water partition coefficient (Wildman–Crippen LogP) is 3.03. The van der Waals surface area contributed by atoms with Gasteiger partial charge in [-0.15, -0.1) is 0 Å². The third kappa shape index (κ3) is 3.97. The van der Waals surface area contributed by atoms with Gasteiger partial charge >= 0.3 is 0 Å². The van der Waals surface area contributed by atoms with Crippen molar-refractivity contribution in [2.75, 3.05) is 33.3 Å². The number of carbonyl (C=O) groups excluding carboxylic acids is 2. The minimum absolute atomic E-state index is 0.0954. The molecule has 0 aliphatic carbocycles. The first-order valence-electron chi connectivity index (χ1n) is 8.90. The van der Waals surface area contributed by atoms with Crippen LogP contribution in [0.15, 0.2) is 28.7 Å². The summed E-state index contributed by atoms with van der Waals surface area (Å²) in [5.74, 6) is 0.748. The molecule has 7 heteroatoms. The molecule has 3 rings (SSSR count). The molecule has 0 atom stereocenters. The highest BCUT2D eigenvalue weighted by Gasteiger charge is 2.26. The van der Waals surface area contributed by atoms with Gasteiger partial charge in [0.2, 0.25) is 0 Å². The van der Waals surface area contributed by atoms with E-state index < -0.39 is 5.82 Å². The average molecular weight is 374 g/mol. The fourth-order valence-corrected chi connectivity index (χ4v) is 3.35. The Morgan fingerprint density at radius 2 is 1.63 bits per heavy atom. The normalized spacial score (nSPS) is 14.8. The number of nitrogens with zero attached hydrogens (tertiary/aromatic N) is 2. The number of amides is 2. The van der Waals surface area contributed by atoms with E-state index in [1.165, 1.54) is 25.3 Å². The Bertz CT molecular complexity index is 862. The molecule has 1 saturated heterocycles. The smallest absolute Gasteiger partial charge is 0.257 e. The van der Waals surface area contributed by atoms with Crippen molar-refractivity contribution in [3.8, 4) is 5.75 Å². The van der Waals surface area contributed by atoms with Gasteiger partial charge in [-0.1, -0.05) is 0 Å². The fourth-order valence-electron chi connectivity index (χ4n) is 3.35. The summed E-state index contributed by atoms with van der Waals surface area (Å²) in [5, 5.41) is 0. The Balaban J connectivity index is 1.73. The summed E-state index contributed by atoms with van der Waals surface area (Å²) in [4.78, 5) is 29.0. The van der Waals surface area contributed by atoms with Gasteiger partial charge in [0.25, 0.3) is 11.8 Å². The van der Waals surface area contributed by atoms with Crippen molar-refractivity contribution in [1.82, 2.24) is 9.80 Å². The van der Waals surface area contributed by atoms with Crippen LogP contribution in [0.1, 0.15) is 38.7 Å². The lowest BCUT2D eigenvalue weighted by atomic mass is 10.1. The summed E-state index contributed by atoms with van der Waals surface area (Å²) < 4.78 is 24.2. The Hall–Kier alpha value is -2.83. The number of rotatable bonds is 3. The molecule has 2 aromatic rings. The van der Waals surface area contributed by atoms with Crippen molar-refractivity contribution < 1.29 is 23.1 Å². The van der Waals surface area contributed by atoms with Crippen molar-refractivity contribution >= 4 is 11.8 Å². The maximum absolute atomic E-state index is 13.6. The molecule has 0 N–H and O–H groups in total. The summed E-state index contributed by atoms with van der Waals surface area (Å²) in [5.41, 5.74) is 0.748. The summed E-state index contributed by atoms with van der Waals surface area (Å²) in [6.07, 6.45) is 0.644. The largest absolute Gasteiger partial charge is 0.496 e. The number of carbonyl (C=O) groups is 2. The van der Waals surface area contributed by atoms with Crippen LogP contribution in [0.4, 0.5) is 4.39 Å². The standard InChI is InChI=1S/C20H23FN2O4/c1-13-11-16(14(2)27-13)19(24)22-7-4-8-23(10-9-22)20(25)17-12-15(21)5-6-18(17)26-3/h5-6,11-12H,4,7-10H2,1-3H3. The fraction of sp³-hybridized carbons (Fsp3) is 0.400. The van der Waals surface area contributed by atoms with Crippen LogP contribution >= 0.6 is 0 Å². The van der Waals surface area contributed by atoms with Gasteiger partial charge in [0, 0.05) is 26.2 Å². The van der Waals surface area contributed by atoms with Crippen LogP contribution in [0.2, 0.25) is 0 Å². The van der Waals surface area contributed by atoms with Crippen molar-refractivity contribution in [3.05, 3.63) is 52.7 Å². The van der Waals surface area contributed by atoms with Crippen LogP contribution in [-0.4, -0.2) is 54.9 Å². The molecular formula is C20H23FN2O4. The van der Waals surface area contributed by atoms with Crippen LogP contribution in [0.5, 0.6) is 5.75 Å². The molecule has 1 aromatic heterocycles. The zero-order chi connectivity index (χ0) is 19.6. The topological polar surface area (TPSA) is 63.0 Å². The first-order valence-corrected chi connectivity index (χ1v) is 8.90. The summed E-state index contributed by atoms with van der Waals surface area (Å²) in [7, 11) is 1.45. The zero-order valence-electron chi connectivity index (χ0n) is 15.8. The van der Waals surface area contributed by atoms with E-state index in [0.717, 1.165) is 0 Å². The minimum atomic E-state index is -0.489. The molecule has 1 aliphatic heterocycles. The highest BCUT2D eigenvalue weighted by Crippen LogP contribution is 2.22. The van der Waals surface area contributed by atoms with E-state index in [1.54, 1.807) is 29.7 Å². The molecule has 27 heavy (non-hydrogen) atoms. The van der Waals surface area contributed by atoms with E-state index in [-0.39, 0.29) is 17.4 Å². The monoisotopic (exact) mass is 374 g/mol.